The summed E-state index contributed by atoms with van der Waals surface area (Å²) in [5.41, 5.74) is 9.17. The molecule has 47 heavy (non-hydrogen) atoms. The third-order valence-electron chi connectivity index (χ3n) is 8.73. The summed E-state index contributed by atoms with van der Waals surface area (Å²) < 4.78 is 6.20. The number of hydrogen-bond acceptors (Lipinski definition) is 4. The van der Waals surface area contributed by atoms with Crippen LogP contribution in [-0.4, -0.2) is 15.0 Å². The molecule has 7 aromatic carbocycles. The molecular weight excluding hydrogens is 574 g/mol. The van der Waals surface area contributed by atoms with Crippen LogP contribution < -0.4 is 0 Å². The number of para-hydroxylation sites is 1. The number of nitrogens with zero attached hydrogens (tertiary/aromatic N) is 3. The van der Waals surface area contributed by atoms with Crippen molar-refractivity contribution in [3.05, 3.63) is 164 Å². The maximum Gasteiger partial charge on any atom is 0.164 e. The third-order valence-corrected chi connectivity index (χ3v) is 8.73. The van der Waals surface area contributed by atoms with Crippen molar-refractivity contribution in [2.45, 2.75) is 0 Å². The molecule has 0 N–H and O–H groups in total. The number of rotatable bonds is 5. The number of benzene rings is 7. The molecule has 4 nitrogen and oxygen atoms in total. The van der Waals surface area contributed by atoms with E-state index in [4.69, 9.17) is 19.4 Å². The number of aromatic nitrogens is 3. The summed E-state index contributed by atoms with van der Waals surface area (Å²) in [6, 6.07) is 56.4. The number of hydrogen-bond donors (Lipinski definition) is 0. The molecule has 0 spiro atoms. The van der Waals surface area contributed by atoms with Crippen LogP contribution in [0.3, 0.4) is 0 Å². The van der Waals surface area contributed by atoms with Crippen LogP contribution in [-0.2, 0) is 0 Å². The lowest BCUT2D eigenvalue weighted by Gasteiger charge is -2.10. The molecule has 0 saturated carbocycles. The lowest BCUT2D eigenvalue weighted by atomic mass is 10.0. The van der Waals surface area contributed by atoms with Crippen LogP contribution >= 0.6 is 0 Å². The molecule has 2 heterocycles. The molecule has 2 aromatic heterocycles. The maximum atomic E-state index is 6.20. The lowest BCUT2D eigenvalue weighted by molar-refractivity contribution is 0.669. The molecule has 0 aliphatic rings. The van der Waals surface area contributed by atoms with Gasteiger partial charge in [-0.3, -0.25) is 0 Å². The van der Waals surface area contributed by atoms with E-state index < -0.39 is 0 Å². The Hall–Kier alpha value is -6.39. The van der Waals surface area contributed by atoms with Gasteiger partial charge in [0.05, 0.1) is 0 Å². The number of furan rings is 1. The minimum Gasteiger partial charge on any atom is -0.456 e. The summed E-state index contributed by atoms with van der Waals surface area (Å²) in [5, 5.41) is 4.44. The van der Waals surface area contributed by atoms with Gasteiger partial charge in [-0.2, -0.15) is 0 Å². The molecule has 0 amide bonds. The summed E-state index contributed by atoms with van der Waals surface area (Å²) >= 11 is 0. The predicted molar refractivity (Wildman–Crippen MR) is 192 cm³/mol. The first-order valence-corrected chi connectivity index (χ1v) is 15.7. The van der Waals surface area contributed by atoms with Gasteiger partial charge in [-0.1, -0.05) is 140 Å². The second kappa shape index (κ2) is 11.2. The first-order chi connectivity index (χ1) is 23.2. The van der Waals surface area contributed by atoms with Crippen LogP contribution in [0.1, 0.15) is 0 Å². The Bertz CT molecular complexity index is 2440. The molecule has 0 aliphatic carbocycles. The Kier molecular flexibility index (Phi) is 6.43. The SMILES string of the molecule is c1ccc(-c2ccc(-c3nc(-c4ccc(-c5ccccc5)cc4)nc(-c4ccc5cc6c(cc5c4)oc4ccccc46)n3)cc2)cc1. The molecule has 0 radical (unpaired) electrons. The van der Waals surface area contributed by atoms with E-state index in [2.05, 4.69) is 133 Å². The summed E-state index contributed by atoms with van der Waals surface area (Å²) in [7, 11) is 0. The molecule has 0 bridgehead atoms. The fourth-order valence-corrected chi connectivity index (χ4v) is 6.26. The van der Waals surface area contributed by atoms with Gasteiger partial charge in [-0.25, -0.2) is 15.0 Å². The van der Waals surface area contributed by atoms with Crippen molar-refractivity contribution < 1.29 is 4.42 Å². The third kappa shape index (κ3) is 5.02. The van der Waals surface area contributed by atoms with Crippen molar-refractivity contribution in [2.24, 2.45) is 0 Å². The van der Waals surface area contributed by atoms with E-state index in [-0.39, 0.29) is 0 Å². The summed E-state index contributed by atoms with van der Waals surface area (Å²) in [5.74, 6) is 1.88. The molecule has 9 aromatic rings. The molecule has 9 rings (SSSR count). The van der Waals surface area contributed by atoms with Crippen LogP contribution in [0, 0.1) is 0 Å². The Morgan fingerprint density at radius 2 is 0.766 bits per heavy atom. The van der Waals surface area contributed by atoms with Crippen molar-refractivity contribution in [3.63, 3.8) is 0 Å². The molecule has 0 saturated heterocycles. The van der Waals surface area contributed by atoms with Crippen molar-refractivity contribution in [2.75, 3.05) is 0 Å². The van der Waals surface area contributed by atoms with Gasteiger partial charge in [0.25, 0.3) is 0 Å². The largest absolute Gasteiger partial charge is 0.456 e. The highest BCUT2D eigenvalue weighted by Crippen LogP contribution is 2.34. The average molecular weight is 602 g/mol. The van der Waals surface area contributed by atoms with Crippen LogP contribution in [0.4, 0.5) is 0 Å². The Balaban J connectivity index is 1.16. The zero-order valence-corrected chi connectivity index (χ0v) is 25.3. The zero-order valence-electron chi connectivity index (χ0n) is 25.3. The van der Waals surface area contributed by atoms with Gasteiger partial charge >= 0.3 is 0 Å². The topological polar surface area (TPSA) is 51.8 Å². The highest BCUT2D eigenvalue weighted by Gasteiger charge is 2.15. The smallest absolute Gasteiger partial charge is 0.164 e. The van der Waals surface area contributed by atoms with E-state index in [9.17, 15) is 0 Å². The van der Waals surface area contributed by atoms with E-state index in [1.54, 1.807) is 0 Å². The quantitative estimate of drug-likeness (QED) is 0.197. The van der Waals surface area contributed by atoms with E-state index in [1.807, 2.05) is 30.3 Å². The second-order valence-corrected chi connectivity index (χ2v) is 11.7. The Morgan fingerprint density at radius 1 is 0.298 bits per heavy atom. The van der Waals surface area contributed by atoms with Gasteiger partial charge in [0.15, 0.2) is 17.5 Å². The molecular formula is C43H27N3O. The van der Waals surface area contributed by atoms with Crippen LogP contribution in [0.5, 0.6) is 0 Å². The maximum absolute atomic E-state index is 6.20. The minimum atomic E-state index is 0.621. The summed E-state index contributed by atoms with van der Waals surface area (Å²) in [4.78, 5) is 15.0. The van der Waals surface area contributed by atoms with Crippen molar-refractivity contribution >= 4 is 32.7 Å². The fourth-order valence-electron chi connectivity index (χ4n) is 6.26. The average Bonchev–Trinajstić information content (AvgIpc) is 3.51. The number of fused-ring (bicyclic) bond motifs is 4. The first-order valence-electron chi connectivity index (χ1n) is 15.7. The Morgan fingerprint density at radius 3 is 1.36 bits per heavy atom. The van der Waals surface area contributed by atoms with Crippen LogP contribution in [0.15, 0.2) is 168 Å². The molecule has 0 unspecified atom stereocenters. The van der Waals surface area contributed by atoms with E-state index >= 15 is 0 Å². The fraction of sp³-hybridized carbons (Fsp3) is 0. The van der Waals surface area contributed by atoms with E-state index in [0.717, 1.165) is 60.5 Å². The van der Waals surface area contributed by atoms with Crippen LogP contribution in [0.25, 0.3) is 89.1 Å². The van der Waals surface area contributed by atoms with Gasteiger partial charge in [0, 0.05) is 27.5 Å². The minimum absolute atomic E-state index is 0.621. The molecule has 0 fully saturated rings. The second-order valence-electron chi connectivity index (χ2n) is 11.7. The highest BCUT2D eigenvalue weighted by atomic mass is 16.3. The molecule has 4 heteroatoms. The van der Waals surface area contributed by atoms with Crippen LogP contribution in [0.2, 0.25) is 0 Å². The van der Waals surface area contributed by atoms with Gasteiger partial charge in [-0.05, 0) is 57.3 Å². The molecule has 0 aliphatic heterocycles. The van der Waals surface area contributed by atoms with Crippen molar-refractivity contribution in [1.29, 1.82) is 0 Å². The molecule has 220 valence electrons. The predicted octanol–water partition coefficient (Wildman–Crippen LogP) is 11.3. The zero-order chi connectivity index (χ0) is 31.2. The summed E-state index contributed by atoms with van der Waals surface area (Å²) in [6.45, 7) is 0. The monoisotopic (exact) mass is 601 g/mol. The summed E-state index contributed by atoms with van der Waals surface area (Å²) in [6.07, 6.45) is 0. The van der Waals surface area contributed by atoms with Gasteiger partial charge in [0.1, 0.15) is 11.2 Å². The highest BCUT2D eigenvalue weighted by molar-refractivity contribution is 6.10. The van der Waals surface area contributed by atoms with E-state index in [0.29, 0.717) is 17.5 Å². The standard InChI is InChI=1S/C43H27N3O/c1-3-9-28(10-4-1)30-15-19-32(20-16-30)41-44-42(33-21-17-31(18-22-33)29-11-5-2-6-12-29)46-43(45-41)35-24-23-34-26-38-37-13-7-8-14-39(37)47-40(38)27-36(34)25-35/h1-27H. The lowest BCUT2D eigenvalue weighted by Crippen LogP contribution is -2.00. The van der Waals surface area contributed by atoms with Gasteiger partial charge in [-0.15, -0.1) is 0 Å². The van der Waals surface area contributed by atoms with Crippen molar-refractivity contribution in [1.82, 2.24) is 15.0 Å². The van der Waals surface area contributed by atoms with Gasteiger partial charge < -0.3 is 4.42 Å². The molecule has 0 atom stereocenters. The van der Waals surface area contributed by atoms with Gasteiger partial charge in [0.2, 0.25) is 0 Å². The van der Waals surface area contributed by atoms with E-state index in [1.165, 1.54) is 11.1 Å². The van der Waals surface area contributed by atoms with Crippen molar-refractivity contribution in [3.8, 4) is 56.4 Å². The Labute approximate surface area is 271 Å². The normalized spacial score (nSPS) is 11.4. The first kappa shape index (κ1) is 27.0.